The molecule has 0 atom stereocenters. The highest BCUT2D eigenvalue weighted by molar-refractivity contribution is 7.23. The lowest BCUT2D eigenvalue weighted by atomic mass is 10.1. The van der Waals surface area contributed by atoms with Crippen molar-refractivity contribution in [2.24, 2.45) is 10.2 Å². The average Bonchev–Trinajstić information content (AvgIpc) is 3.11. The fraction of sp³-hybridized carbons (Fsp3) is 0.136. The molecule has 0 spiro atoms. The van der Waals surface area contributed by atoms with Crippen molar-refractivity contribution in [3.63, 3.8) is 0 Å². The fourth-order valence-electron chi connectivity index (χ4n) is 3.04. The molecule has 0 aliphatic rings. The van der Waals surface area contributed by atoms with Gasteiger partial charge in [0.05, 0.1) is 24.7 Å². The molecule has 0 bridgehead atoms. The van der Waals surface area contributed by atoms with Crippen LogP contribution in [0.1, 0.15) is 21.5 Å². The highest BCUT2D eigenvalue weighted by atomic mass is 32.1. The number of nitrogens with zero attached hydrogens (tertiary/aromatic N) is 4. The Morgan fingerprint density at radius 2 is 1.83 bits per heavy atom. The Bertz CT molecular complexity index is 1230. The van der Waals surface area contributed by atoms with Gasteiger partial charge in [-0.05, 0) is 60.0 Å². The number of benzene rings is 2. The number of aryl methyl sites for hydroxylation is 1. The summed E-state index contributed by atoms with van der Waals surface area (Å²) in [4.78, 5) is 20.8. The number of aromatic carboxylic acids is 1. The van der Waals surface area contributed by atoms with Gasteiger partial charge < -0.3 is 9.84 Å². The molecule has 2 aromatic heterocycles. The first kappa shape index (κ1) is 19.7. The smallest absolute Gasteiger partial charge is 0.335 e. The van der Waals surface area contributed by atoms with Crippen LogP contribution in [0.25, 0.3) is 20.7 Å². The van der Waals surface area contributed by atoms with E-state index in [-0.39, 0.29) is 5.56 Å². The Balaban J connectivity index is 1.61. The molecular weight excluding hydrogens is 400 g/mol. The highest BCUT2D eigenvalue weighted by Crippen LogP contribution is 2.40. The van der Waals surface area contributed by atoms with E-state index in [1.54, 1.807) is 42.7 Å². The second-order valence-electron chi connectivity index (χ2n) is 6.56. The number of aromatic nitrogens is 2. The van der Waals surface area contributed by atoms with E-state index in [0.717, 1.165) is 37.5 Å². The van der Waals surface area contributed by atoms with Crippen LogP contribution in [0.2, 0.25) is 0 Å². The zero-order valence-electron chi connectivity index (χ0n) is 16.4. The van der Waals surface area contributed by atoms with E-state index in [9.17, 15) is 4.79 Å². The largest absolute Gasteiger partial charge is 0.497 e. The molecule has 0 aliphatic heterocycles. The van der Waals surface area contributed by atoms with Crippen LogP contribution in [0.5, 0.6) is 5.75 Å². The molecule has 4 aromatic rings. The average molecular weight is 418 g/mol. The maximum Gasteiger partial charge on any atom is 0.335 e. The summed E-state index contributed by atoms with van der Waals surface area (Å²) < 4.78 is 6.12. The second kappa shape index (κ2) is 8.38. The third-order valence-electron chi connectivity index (χ3n) is 4.66. The maximum atomic E-state index is 10.9. The number of hydrogen-bond donors (Lipinski definition) is 1. The summed E-state index contributed by atoms with van der Waals surface area (Å²) >= 11 is 1.58. The summed E-state index contributed by atoms with van der Waals surface area (Å²) in [7, 11) is 1.65. The second-order valence-corrected chi connectivity index (χ2v) is 7.58. The number of carbonyl (C=O) groups is 1. The zero-order valence-corrected chi connectivity index (χ0v) is 17.2. The van der Waals surface area contributed by atoms with Crippen LogP contribution in [-0.4, -0.2) is 28.2 Å². The van der Waals surface area contributed by atoms with E-state index < -0.39 is 5.97 Å². The van der Waals surface area contributed by atoms with E-state index in [2.05, 4.69) is 20.2 Å². The quantitative estimate of drug-likeness (QED) is 0.408. The van der Waals surface area contributed by atoms with Crippen LogP contribution in [-0.2, 0) is 6.54 Å². The number of ether oxygens (including phenoxy) is 1. The van der Waals surface area contributed by atoms with Gasteiger partial charge in [0.15, 0.2) is 5.82 Å². The first-order chi connectivity index (χ1) is 14.6. The lowest BCUT2D eigenvalue weighted by molar-refractivity contribution is 0.0697. The van der Waals surface area contributed by atoms with Crippen LogP contribution < -0.4 is 4.74 Å². The first-order valence-electron chi connectivity index (χ1n) is 9.15. The number of fused-ring (bicyclic) bond motifs is 1. The summed E-state index contributed by atoms with van der Waals surface area (Å²) in [5.41, 5.74) is 4.13. The minimum atomic E-state index is -0.952. The van der Waals surface area contributed by atoms with Gasteiger partial charge in [-0.25, -0.2) is 14.8 Å². The van der Waals surface area contributed by atoms with Gasteiger partial charge in [0.1, 0.15) is 16.8 Å². The topological polar surface area (TPSA) is 97.0 Å². The first-order valence-corrected chi connectivity index (χ1v) is 9.96. The van der Waals surface area contributed by atoms with Crippen molar-refractivity contribution in [3.8, 4) is 16.2 Å². The van der Waals surface area contributed by atoms with Crippen molar-refractivity contribution in [2.75, 3.05) is 7.11 Å². The molecule has 2 heterocycles. The number of hydrogen-bond acceptors (Lipinski definition) is 7. The lowest BCUT2D eigenvalue weighted by Gasteiger charge is -2.02. The van der Waals surface area contributed by atoms with Gasteiger partial charge in [0.2, 0.25) is 0 Å². The molecule has 0 saturated carbocycles. The molecule has 30 heavy (non-hydrogen) atoms. The van der Waals surface area contributed by atoms with Crippen molar-refractivity contribution in [3.05, 3.63) is 71.5 Å². The molecule has 0 fully saturated rings. The van der Waals surface area contributed by atoms with Gasteiger partial charge in [-0.1, -0.05) is 12.1 Å². The summed E-state index contributed by atoms with van der Waals surface area (Å²) in [6.45, 7) is 2.37. The van der Waals surface area contributed by atoms with Crippen LogP contribution >= 0.6 is 11.3 Å². The van der Waals surface area contributed by atoms with Crippen LogP contribution in [0.4, 0.5) is 5.82 Å². The summed E-state index contributed by atoms with van der Waals surface area (Å²) in [6.07, 6.45) is 1.50. The lowest BCUT2D eigenvalue weighted by Crippen LogP contribution is -1.95. The monoisotopic (exact) mass is 418 g/mol. The van der Waals surface area contributed by atoms with Gasteiger partial charge in [-0.2, -0.15) is 5.11 Å². The van der Waals surface area contributed by atoms with Crippen molar-refractivity contribution < 1.29 is 14.6 Å². The maximum absolute atomic E-state index is 10.9. The Morgan fingerprint density at radius 1 is 1.10 bits per heavy atom. The zero-order chi connectivity index (χ0) is 21.1. The van der Waals surface area contributed by atoms with Gasteiger partial charge in [0.25, 0.3) is 0 Å². The minimum absolute atomic E-state index is 0.244. The molecule has 7 nitrogen and oxygen atoms in total. The molecule has 4 rings (SSSR count). The Kier molecular flexibility index (Phi) is 5.49. The number of rotatable bonds is 6. The third kappa shape index (κ3) is 3.90. The molecule has 0 radical (unpaired) electrons. The number of carboxylic acid groups (broad SMARTS) is 1. The SMILES string of the molecule is COc1ccc(-c2sc3c(N=NCc4ccc(C(=O)O)cc4)ncnc3c2C)cc1. The molecule has 0 unspecified atom stereocenters. The number of methoxy groups -OCH3 is 1. The van der Waals surface area contributed by atoms with Crippen LogP contribution in [0, 0.1) is 6.92 Å². The molecule has 0 aliphatic carbocycles. The molecule has 8 heteroatoms. The minimum Gasteiger partial charge on any atom is -0.497 e. The van der Waals surface area contributed by atoms with E-state index >= 15 is 0 Å². The van der Waals surface area contributed by atoms with E-state index in [0.29, 0.717) is 12.4 Å². The highest BCUT2D eigenvalue weighted by Gasteiger charge is 2.15. The normalized spacial score (nSPS) is 11.3. The Morgan fingerprint density at radius 3 is 2.50 bits per heavy atom. The molecular formula is C22H18N4O3S. The van der Waals surface area contributed by atoms with E-state index in [1.807, 2.05) is 31.2 Å². The predicted octanol–water partition coefficient (Wildman–Crippen LogP) is 5.66. The molecule has 0 saturated heterocycles. The van der Waals surface area contributed by atoms with Crippen molar-refractivity contribution in [2.45, 2.75) is 13.5 Å². The van der Waals surface area contributed by atoms with Crippen LogP contribution in [0.3, 0.4) is 0 Å². The van der Waals surface area contributed by atoms with Crippen molar-refractivity contribution in [1.29, 1.82) is 0 Å². The van der Waals surface area contributed by atoms with E-state index in [1.165, 1.54) is 6.33 Å². The number of azo groups is 1. The summed E-state index contributed by atoms with van der Waals surface area (Å²) in [5.74, 6) is 0.380. The summed E-state index contributed by atoms with van der Waals surface area (Å²) in [6, 6.07) is 14.5. The molecule has 0 amide bonds. The molecule has 1 N–H and O–H groups in total. The fourth-order valence-corrected chi connectivity index (χ4v) is 4.23. The standard InChI is InChI=1S/C22H18N4O3S/c1-13-18-20(30-19(13)15-7-9-17(29-2)10-8-15)21(24-12-23-18)26-25-11-14-3-5-16(6-4-14)22(27)28/h3-10,12H,11H2,1-2H3,(H,27,28). The van der Waals surface area contributed by atoms with Crippen molar-refractivity contribution >= 4 is 33.3 Å². The Labute approximate surface area is 176 Å². The van der Waals surface area contributed by atoms with Gasteiger partial charge in [-0.15, -0.1) is 16.5 Å². The van der Waals surface area contributed by atoms with Gasteiger partial charge in [0, 0.05) is 4.88 Å². The third-order valence-corrected chi connectivity index (χ3v) is 5.98. The Hall–Kier alpha value is -3.65. The summed E-state index contributed by atoms with van der Waals surface area (Å²) in [5, 5.41) is 17.5. The molecule has 150 valence electrons. The number of carboxylic acids is 1. The molecule has 2 aromatic carbocycles. The van der Waals surface area contributed by atoms with Crippen LogP contribution in [0.15, 0.2) is 65.1 Å². The van der Waals surface area contributed by atoms with Gasteiger partial charge in [-0.3, -0.25) is 0 Å². The van der Waals surface area contributed by atoms with Gasteiger partial charge >= 0.3 is 5.97 Å². The number of thiophene rings is 1. The van der Waals surface area contributed by atoms with E-state index in [4.69, 9.17) is 9.84 Å². The predicted molar refractivity (Wildman–Crippen MR) is 116 cm³/mol. The van der Waals surface area contributed by atoms with Crippen molar-refractivity contribution in [1.82, 2.24) is 9.97 Å².